The molecule has 2 fully saturated rings. The Labute approximate surface area is 160 Å². The van der Waals surface area contributed by atoms with Crippen molar-refractivity contribution in [1.82, 2.24) is 19.4 Å². The molecule has 27 heavy (non-hydrogen) atoms. The van der Waals surface area contributed by atoms with Gasteiger partial charge in [0, 0.05) is 52.1 Å². The number of carbonyl (C=O) groups excluding carboxylic acids is 1. The summed E-state index contributed by atoms with van der Waals surface area (Å²) < 4.78 is 30.5. The molecule has 1 atom stereocenters. The van der Waals surface area contributed by atoms with Gasteiger partial charge in [0.2, 0.25) is 21.8 Å². The van der Waals surface area contributed by atoms with Crippen LogP contribution in [0.1, 0.15) is 19.3 Å². The van der Waals surface area contributed by atoms with Crippen molar-refractivity contribution in [3.05, 3.63) is 12.1 Å². The van der Waals surface area contributed by atoms with Crippen LogP contribution < -0.4 is 9.64 Å². The highest BCUT2D eigenvalue weighted by Crippen LogP contribution is 2.24. The summed E-state index contributed by atoms with van der Waals surface area (Å²) >= 11 is 0. The van der Waals surface area contributed by atoms with E-state index in [0.29, 0.717) is 44.9 Å². The molecule has 0 aliphatic carbocycles. The van der Waals surface area contributed by atoms with E-state index in [2.05, 4.69) is 10.2 Å². The van der Waals surface area contributed by atoms with E-state index in [-0.39, 0.29) is 17.9 Å². The zero-order chi connectivity index (χ0) is 19.6. The number of rotatable bonds is 5. The van der Waals surface area contributed by atoms with E-state index in [1.807, 2.05) is 30.0 Å². The van der Waals surface area contributed by atoms with Crippen molar-refractivity contribution in [2.75, 3.05) is 51.4 Å². The average molecular weight is 398 g/mol. The average Bonchev–Trinajstić information content (AvgIpc) is 3.09. The van der Waals surface area contributed by atoms with Crippen LogP contribution in [-0.4, -0.2) is 86.4 Å². The Morgan fingerprint density at radius 1 is 1.15 bits per heavy atom. The number of ether oxygens (including phenoxy) is 1. The van der Waals surface area contributed by atoms with Gasteiger partial charge in [0.15, 0.2) is 5.82 Å². The molecule has 0 unspecified atom stereocenters. The van der Waals surface area contributed by atoms with Gasteiger partial charge in [0.25, 0.3) is 0 Å². The van der Waals surface area contributed by atoms with Crippen LogP contribution in [0, 0.1) is 5.92 Å². The molecular weight excluding hydrogens is 370 g/mol. The second-order valence-corrected chi connectivity index (χ2v) is 9.36. The van der Waals surface area contributed by atoms with Gasteiger partial charge in [-0.25, -0.2) is 12.7 Å². The highest BCUT2D eigenvalue weighted by molar-refractivity contribution is 7.88. The molecule has 0 N–H and O–H groups in total. The number of hydrogen-bond donors (Lipinski definition) is 0. The minimum Gasteiger partial charge on any atom is -0.471 e. The second-order valence-electron chi connectivity index (χ2n) is 7.37. The monoisotopic (exact) mass is 397 g/mol. The maximum Gasteiger partial charge on any atom is 0.233 e. The topological polar surface area (TPSA) is 95.9 Å². The van der Waals surface area contributed by atoms with Gasteiger partial charge in [-0.1, -0.05) is 0 Å². The van der Waals surface area contributed by atoms with Crippen LogP contribution in [0.5, 0.6) is 5.88 Å². The fourth-order valence-electron chi connectivity index (χ4n) is 3.50. The van der Waals surface area contributed by atoms with Gasteiger partial charge in [0.1, 0.15) is 6.10 Å². The van der Waals surface area contributed by atoms with E-state index in [1.54, 1.807) is 6.07 Å². The molecule has 150 valence electrons. The Bertz CT molecular complexity index is 760. The molecule has 0 saturated carbocycles. The first kappa shape index (κ1) is 19.8. The number of anilines is 1. The maximum atomic E-state index is 12.7. The standard InChI is InChI=1S/C17H27N5O4S/c1-20(2)15-4-5-16(19-18-15)26-14-8-9-21(12-14)17(23)13-6-10-22(11-7-13)27(3,24)25/h4-5,13-14H,6-12H2,1-3H3/t14-/m1/s1. The third kappa shape index (κ3) is 4.86. The van der Waals surface area contributed by atoms with Crippen LogP contribution in [0.15, 0.2) is 12.1 Å². The molecule has 2 aliphatic heterocycles. The summed E-state index contributed by atoms with van der Waals surface area (Å²) in [5.74, 6) is 1.21. The fourth-order valence-corrected chi connectivity index (χ4v) is 4.38. The third-order valence-corrected chi connectivity index (χ3v) is 6.40. The van der Waals surface area contributed by atoms with Gasteiger partial charge in [-0.05, 0) is 18.9 Å². The van der Waals surface area contributed by atoms with E-state index in [1.165, 1.54) is 10.6 Å². The van der Waals surface area contributed by atoms with Crippen molar-refractivity contribution in [1.29, 1.82) is 0 Å². The Morgan fingerprint density at radius 2 is 1.85 bits per heavy atom. The van der Waals surface area contributed by atoms with E-state index in [9.17, 15) is 13.2 Å². The summed E-state index contributed by atoms with van der Waals surface area (Å²) in [6.45, 7) is 2.01. The van der Waals surface area contributed by atoms with E-state index < -0.39 is 10.0 Å². The number of carbonyl (C=O) groups is 1. The Balaban J connectivity index is 1.50. The lowest BCUT2D eigenvalue weighted by molar-refractivity contribution is -0.135. The molecule has 1 amide bonds. The first-order chi connectivity index (χ1) is 12.7. The smallest absolute Gasteiger partial charge is 0.233 e. The lowest BCUT2D eigenvalue weighted by Gasteiger charge is -2.31. The van der Waals surface area contributed by atoms with Crippen molar-refractivity contribution in [3.63, 3.8) is 0 Å². The number of sulfonamides is 1. The van der Waals surface area contributed by atoms with E-state index in [4.69, 9.17) is 4.74 Å². The number of nitrogens with zero attached hydrogens (tertiary/aromatic N) is 5. The molecule has 1 aromatic heterocycles. The molecule has 10 heteroatoms. The van der Waals surface area contributed by atoms with E-state index in [0.717, 1.165) is 12.2 Å². The lowest BCUT2D eigenvalue weighted by Crippen LogP contribution is -2.43. The summed E-state index contributed by atoms with van der Waals surface area (Å²) in [5.41, 5.74) is 0. The minimum absolute atomic E-state index is 0.0930. The SMILES string of the molecule is CN(C)c1ccc(O[C@@H]2CCN(C(=O)C3CCN(S(C)(=O)=O)CC3)C2)nn1. The van der Waals surface area contributed by atoms with Crippen molar-refractivity contribution in [2.24, 2.45) is 5.92 Å². The van der Waals surface area contributed by atoms with Gasteiger partial charge in [-0.15, -0.1) is 10.2 Å². The summed E-state index contributed by atoms with van der Waals surface area (Å²) in [6.07, 6.45) is 3.03. The van der Waals surface area contributed by atoms with Crippen LogP contribution in [-0.2, 0) is 14.8 Å². The van der Waals surface area contributed by atoms with Crippen molar-refractivity contribution < 1.29 is 17.9 Å². The van der Waals surface area contributed by atoms with Gasteiger partial charge in [-0.2, -0.15) is 0 Å². The number of likely N-dealkylation sites (tertiary alicyclic amines) is 1. The Hall–Kier alpha value is -1.94. The van der Waals surface area contributed by atoms with Crippen LogP contribution in [0.4, 0.5) is 5.82 Å². The van der Waals surface area contributed by atoms with Crippen molar-refractivity contribution in [2.45, 2.75) is 25.4 Å². The molecule has 0 aromatic carbocycles. The molecular formula is C17H27N5O4S. The number of piperidine rings is 1. The molecule has 2 aliphatic rings. The quantitative estimate of drug-likeness (QED) is 0.700. The van der Waals surface area contributed by atoms with Crippen LogP contribution >= 0.6 is 0 Å². The summed E-state index contributed by atoms with van der Waals surface area (Å²) in [6, 6.07) is 3.63. The molecule has 0 spiro atoms. The van der Waals surface area contributed by atoms with Crippen LogP contribution in [0.25, 0.3) is 0 Å². The van der Waals surface area contributed by atoms with Crippen LogP contribution in [0.3, 0.4) is 0 Å². The maximum absolute atomic E-state index is 12.7. The first-order valence-electron chi connectivity index (χ1n) is 9.15. The van der Waals surface area contributed by atoms with Crippen molar-refractivity contribution in [3.8, 4) is 5.88 Å². The zero-order valence-corrected chi connectivity index (χ0v) is 16.9. The Kier molecular flexibility index (Phi) is 5.85. The molecule has 9 nitrogen and oxygen atoms in total. The second kappa shape index (κ2) is 7.97. The zero-order valence-electron chi connectivity index (χ0n) is 16.0. The van der Waals surface area contributed by atoms with Gasteiger partial charge < -0.3 is 14.5 Å². The summed E-state index contributed by atoms with van der Waals surface area (Å²) in [5, 5.41) is 8.17. The summed E-state index contributed by atoms with van der Waals surface area (Å²) in [7, 11) is 0.615. The minimum atomic E-state index is -3.17. The number of hydrogen-bond acceptors (Lipinski definition) is 7. The number of aromatic nitrogens is 2. The van der Waals surface area contributed by atoms with Gasteiger partial charge >= 0.3 is 0 Å². The molecule has 3 rings (SSSR count). The Morgan fingerprint density at radius 3 is 2.41 bits per heavy atom. The first-order valence-corrected chi connectivity index (χ1v) is 11.0. The molecule has 3 heterocycles. The van der Waals surface area contributed by atoms with Gasteiger partial charge in [-0.3, -0.25) is 4.79 Å². The molecule has 0 bridgehead atoms. The number of amides is 1. The molecule has 2 saturated heterocycles. The summed E-state index contributed by atoms with van der Waals surface area (Å²) in [4.78, 5) is 16.4. The largest absolute Gasteiger partial charge is 0.471 e. The third-order valence-electron chi connectivity index (χ3n) is 5.10. The predicted octanol–water partition coefficient (Wildman–Crippen LogP) is 0.194. The van der Waals surface area contributed by atoms with Crippen molar-refractivity contribution >= 4 is 21.7 Å². The fraction of sp³-hybridized carbons (Fsp3) is 0.706. The van der Waals surface area contributed by atoms with Gasteiger partial charge in [0.05, 0.1) is 12.8 Å². The lowest BCUT2D eigenvalue weighted by atomic mass is 9.97. The van der Waals surface area contributed by atoms with E-state index >= 15 is 0 Å². The highest BCUT2D eigenvalue weighted by atomic mass is 32.2. The molecule has 1 aromatic rings. The van der Waals surface area contributed by atoms with Crippen LogP contribution in [0.2, 0.25) is 0 Å². The normalized spacial score (nSPS) is 22.0. The molecule has 0 radical (unpaired) electrons. The highest BCUT2D eigenvalue weighted by Gasteiger charge is 2.35. The predicted molar refractivity (Wildman–Crippen MR) is 101 cm³/mol.